The van der Waals surface area contributed by atoms with E-state index in [0.717, 1.165) is 18.4 Å². The molecule has 1 aliphatic carbocycles. The van der Waals surface area contributed by atoms with Crippen LogP contribution in [0.5, 0.6) is 0 Å². The molecule has 0 aromatic heterocycles. The second-order valence-corrected chi connectivity index (χ2v) is 5.57. The number of aliphatic hydroxyl groups excluding tert-OH is 1. The summed E-state index contributed by atoms with van der Waals surface area (Å²) in [6, 6.07) is 0. The van der Waals surface area contributed by atoms with E-state index in [2.05, 4.69) is 20.8 Å². The monoisotopic (exact) mass is 261 g/mol. The zero-order chi connectivity index (χ0) is 9.97. The Kier molecular flexibility index (Phi) is 3.86. The first-order chi connectivity index (χ1) is 6.78. The molecule has 3 atom stereocenters. The van der Waals surface area contributed by atoms with Gasteiger partial charge < -0.3 is 10.0 Å². The maximum atomic E-state index is 9.58. The second-order valence-electron chi connectivity index (χ2n) is 4.93. The molecule has 82 valence electrons. The third kappa shape index (κ3) is 2.71. The van der Waals surface area contributed by atoms with Crippen molar-refractivity contribution in [2.24, 2.45) is 11.8 Å². The van der Waals surface area contributed by atoms with E-state index in [1.165, 1.54) is 38.8 Å². The fraction of sp³-hybridized carbons (Fsp3) is 1.00. The van der Waals surface area contributed by atoms with Gasteiger partial charge in [-0.15, -0.1) is 0 Å². The molecule has 3 unspecified atom stereocenters. The zero-order valence-electron chi connectivity index (χ0n) is 8.66. The molecule has 1 aliphatic heterocycles. The number of piperidine rings is 1. The molecule has 3 heteroatoms. The van der Waals surface area contributed by atoms with Gasteiger partial charge in [0.1, 0.15) is 0 Å². The van der Waals surface area contributed by atoms with E-state index in [1.54, 1.807) is 0 Å². The fourth-order valence-electron chi connectivity index (χ4n) is 3.03. The van der Waals surface area contributed by atoms with E-state index in [9.17, 15) is 5.11 Å². The number of hydrogen-bond acceptors (Lipinski definition) is 2. The van der Waals surface area contributed by atoms with Crippen molar-refractivity contribution >= 4 is 15.9 Å². The first-order valence-electron chi connectivity index (χ1n) is 5.74. The third-order valence-electron chi connectivity index (χ3n) is 3.57. The number of alkyl halides is 1. The Labute approximate surface area is 94.8 Å². The molecule has 2 bridgehead atoms. The van der Waals surface area contributed by atoms with Crippen molar-refractivity contribution in [3.63, 3.8) is 0 Å². The van der Waals surface area contributed by atoms with E-state index in [4.69, 9.17) is 0 Å². The Hall–Kier alpha value is 0.400. The van der Waals surface area contributed by atoms with Gasteiger partial charge in [0, 0.05) is 25.0 Å². The molecule has 1 saturated heterocycles. The summed E-state index contributed by atoms with van der Waals surface area (Å²) < 4.78 is 0. The van der Waals surface area contributed by atoms with Crippen molar-refractivity contribution in [2.45, 2.75) is 31.8 Å². The predicted molar refractivity (Wildman–Crippen MR) is 61.7 cm³/mol. The summed E-state index contributed by atoms with van der Waals surface area (Å²) >= 11 is 3.33. The van der Waals surface area contributed by atoms with Gasteiger partial charge in [-0.3, -0.25) is 0 Å². The molecule has 0 radical (unpaired) electrons. The van der Waals surface area contributed by atoms with Crippen molar-refractivity contribution in [1.82, 2.24) is 4.90 Å². The molecule has 2 aliphatic rings. The first-order valence-corrected chi connectivity index (χ1v) is 6.86. The predicted octanol–water partition coefficient (Wildman–Crippen LogP) is 1.86. The van der Waals surface area contributed by atoms with Gasteiger partial charge >= 0.3 is 0 Å². The lowest BCUT2D eigenvalue weighted by molar-refractivity contribution is 0.0506. The molecule has 0 spiro atoms. The number of fused-ring (bicyclic) bond motifs is 2. The van der Waals surface area contributed by atoms with Crippen LogP contribution in [0.1, 0.15) is 25.7 Å². The average Bonchev–Trinajstić information content (AvgIpc) is 2.17. The molecule has 2 nitrogen and oxygen atoms in total. The fourth-order valence-corrected chi connectivity index (χ4v) is 3.24. The van der Waals surface area contributed by atoms with Crippen molar-refractivity contribution in [3.8, 4) is 0 Å². The summed E-state index contributed by atoms with van der Waals surface area (Å²) in [6.07, 6.45) is 5.52. The van der Waals surface area contributed by atoms with Crippen molar-refractivity contribution < 1.29 is 5.11 Å². The van der Waals surface area contributed by atoms with Crippen LogP contribution in [0.3, 0.4) is 0 Å². The number of aliphatic hydroxyl groups is 1. The third-order valence-corrected chi connectivity index (χ3v) is 4.32. The molecular formula is C11H20BrNO. The van der Waals surface area contributed by atoms with Crippen LogP contribution in [-0.2, 0) is 0 Å². The number of nitrogens with zero attached hydrogens (tertiary/aromatic N) is 1. The first kappa shape index (κ1) is 10.9. The summed E-state index contributed by atoms with van der Waals surface area (Å²) in [5, 5.41) is 10.3. The molecule has 2 fully saturated rings. The lowest BCUT2D eigenvalue weighted by atomic mass is 9.78. The molecule has 2 rings (SSSR count). The van der Waals surface area contributed by atoms with Crippen molar-refractivity contribution in [3.05, 3.63) is 0 Å². The van der Waals surface area contributed by atoms with Gasteiger partial charge in [0.15, 0.2) is 0 Å². The van der Waals surface area contributed by atoms with Crippen molar-refractivity contribution in [1.29, 1.82) is 0 Å². The highest BCUT2D eigenvalue weighted by Gasteiger charge is 2.30. The number of hydrogen-bond donors (Lipinski definition) is 1. The minimum Gasteiger partial charge on any atom is -0.391 e. The van der Waals surface area contributed by atoms with Gasteiger partial charge in [-0.25, -0.2) is 0 Å². The van der Waals surface area contributed by atoms with Crippen LogP contribution in [0.15, 0.2) is 0 Å². The Balaban J connectivity index is 1.83. The standard InChI is InChI=1S/C11H20BrNO/c12-5-11(14)8-13-6-9-2-1-3-10(4-9)7-13/h9-11,14H,1-8H2. The highest BCUT2D eigenvalue weighted by molar-refractivity contribution is 9.09. The van der Waals surface area contributed by atoms with Gasteiger partial charge in [-0.1, -0.05) is 22.4 Å². The molecule has 1 N–H and O–H groups in total. The van der Waals surface area contributed by atoms with Crippen LogP contribution >= 0.6 is 15.9 Å². The number of β-amino-alcohol motifs (C(OH)–C–C–N with tert-alkyl or cyclic N) is 1. The average molecular weight is 262 g/mol. The second kappa shape index (κ2) is 4.95. The SMILES string of the molecule is OC(CBr)CN1CC2CCCC(C2)C1. The minimum absolute atomic E-state index is 0.186. The van der Waals surface area contributed by atoms with Crippen LogP contribution in [0.4, 0.5) is 0 Å². The number of halogens is 1. The van der Waals surface area contributed by atoms with Crippen LogP contribution in [-0.4, -0.2) is 41.1 Å². The summed E-state index contributed by atoms with van der Waals surface area (Å²) in [5.41, 5.74) is 0. The Morgan fingerprint density at radius 1 is 1.29 bits per heavy atom. The van der Waals surface area contributed by atoms with Crippen LogP contribution in [0, 0.1) is 11.8 Å². The quantitative estimate of drug-likeness (QED) is 0.785. The Bertz CT molecular complexity index is 173. The summed E-state index contributed by atoms with van der Waals surface area (Å²) in [4.78, 5) is 2.46. The highest BCUT2D eigenvalue weighted by atomic mass is 79.9. The van der Waals surface area contributed by atoms with Gasteiger partial charge in [0.2, 0.25) is 0 Å². The molecule has 1 heterocycles. The topological polar surface area (TPSA) is 23.5 Å². The lowest BCUT2D eigenvalue weighted by Crippen LogP contribution is -2.45. The molecule has 1 saturated carbocycles. The van der Waals surface area contributed by atoms with E-state index in [0.29, 0.717) is 5.33 Å². The Morgan fingerprint density at radius 2 is 1.93 bits per heavy atom. The molecule has 0 amide bonds. The van der Waals surface area contributed by atoms with Crippen LogP contribution in [0.25, 0.3) is 0 Å². The number of rotatable bonds is 3. The van der Waals surface area contributed by atoms with E-state index in [1.807, 2.05) is 0 Å². The van der Waals surface area contributed by atoms with Gasteiger partial charge in [-0.05, 0) is 31.1 Å². The maximum Gasteiger partial charge on any atom is 0.0763 e. The normalized spacial score (nSPS) is 35.6. The van der Waals surface area contributed by atoms with E-state index in [-0.39, 0.29) is 6.10 Å². The van der Waals surface area contributed by atoms with Crippen LogP contribution in [0.2, 0.25) is 0 Å². The highest BCUT2D eigenvalue weighted by Crippen LogP contribution is 2.34. The molecular weight excluding hydrogens is 242 g/mol. The van der Waals surface area contributed by atoms with Gasteiger partial charge in [-0.2, -0.15) is 0 Å². The summed E-state index contributed by atoms with van der Waals surface area (Å²) in [5.74, 6) is 1.84. The molecule has 0 aromatic rings. The largest absolute Gasteiger partial charge is 0.391 e. The summed E-state index contributed by atoms with van der Waals surface area (Å²) in [7, 11) is 0. The maximum absolute atomic E-state index is 9.58. The van der Waals surface area contributed by atoms with Gasteiger partial charge in [0.25, 0.3) is 0 Å². The molecule has 14 heavy (non-hydrogen) atoms. The molecule has 0 aromatic carbocycles. The van der Waals surface area contributed by atoms with E-state index < -0.39 is 0 Å². The minimum atomic E-state index is -0.186. The lowest BCUT2D eigenvalue weighted by Gasteiger charge is -2.41. The van der Waals surface area contributed by atoms with Crippen molar-refractivity contribution in [2.75, 3.05) is 25.0 Å². The van der Waals surface area contributed by atoms with E-state index >= 15 is 0 Å². The Morgan fingerprint density at radius 3 is 2.50 bits per heavy atom. The zero-order valence-corrected chi connectivity index (χ0v) is 10.2. The summed E-state index contributed by atoms with van der Waals surface area (Å²) in [6.45, 7) is 3.30. The number of likely N-dealkylation sites (tertiary alicyclic amines) is 1. The smallest absolute Gasteiger partial charge is 0.0763 e. The van der Waals surface area contributed by atoms with Gasteiger partial charge in [0.05, 0.1) is 6.10 Å². The van der Waals surface area contributed by atoms with Crippen LogP contribution < -0.4 is 0 Å².